The van der Waals surface area contributed by atoms with Crippen LogP contribution in [-0.4, -0.2) is 0 Å². The van der Waals surface area contributed by atoms with Crippen LogP contribution in [0.4, 0.5) is 0 Å². The monoisotopic (exact) mass is 171 g/mol. The predicted molar refractivity (Wildman–Crippen MR) is 56.6 cm³/mol. The molecular formula is C13H12. The van der Waals surface area contributed by atoms with E-state index in [-0.39, 0.29) is 0 Å². The fourth-order valence-corrected chi connectivity index (χ4v) is 1.29. The van der Waals surface area contributed by atoms with Crippen LogP contribution >= 0.6 is 0 Å². The third-order valence-corrected chi connectivity index (χ3v) is 1.99. The lowest BCUT2D eigenvalue weighted by molar-refractivity contribution is 1.47. The van der Waals surface area contributed by atoms with Gasteiger partial charge in [-0.3, -0.25) is 0 Å². The van der Waals surface area contributed by atoms with E-state index in [4.69, 9.17) is 4.11 Å². The smallest absolute Gasteiger partial charge is 0.0280 e. The summed E-state index contributed by atoms with van der Waals surface area (Å²) in [7, 11) is 0. The molecule has 0 amide bonds. The van der Waals surface area contributed by atoms with Crippen LogP contribution in [0, 0.1) is 6.85 Å². The summed E-state index contributed by atoms with van der Waals surface area (Å²) in [5.41, 5.74) is 2.51. The first kappa shape index (κ1) is 5.23. The average molecular weight is 171 g/mol. The molecule has 0 aliphatic rings. The molecule has 2 aromatic carbocycles. The van der Waals surface area contributed by atoms with Crippen LogP contribution in [0.15, 0.2) is 54.6 Å². The lowest BCUT2D eigenvalue weighted by Gasteiger charge is -2.00. The molecule has 0 heteroatoms. The Morgan fingerprint density at radius 2 is 1.38 bits per heavy atom. The van der Waals surface area contributed by atoms with E-state index in [9.17, 15) is 0 Å². The van der Waals surface area contributed by atoms with Gasteiger partial charge >= 0.3 is 0 Å². The van der Waals surface area contributed by atoms with Gasteiger partial charge in [0.25, 0.3) is 0 Å². The van der Waals surface area contributed by atoms with Crippen molar-refractivity contribution in [3.8, 4) is 11.1 Å². The average Bonchev–Trinajstić information content (AvgIpc) is 2.29. The van der Waals surface area contributed by atoms with Gasteiger partial charge in [-0.15, -0.1) is 0 Å². The minimum atomic E-state index is -2.02. The Kier molecular flexibility index (Phi) is 1.38. The van der Waals surface area contributed by atoms with Gasteiger partial charge in [-0.25, -0.2) is 0 Å². The van der Waals surface area contributed by atoms with E-state index in [2.05, 4.69) is 0 Å². The molecule has 0 radical (unpaired) electrons. The van der Waals surface area contributed by atoms with Crippen molar-refractivity contribution in [3.63, 3.8) is 0 Å². The molecule has 0 aromatic heterocycles. The Morgan fingerprint density at radius 1 is 0.769 bits per heavy atom. The van der Waals surface area contributed by atoms with E-state index in [1.54, 1.807) is 12.1 Å². The minimum absolute atomic E-state index is 0.382. The van der Waals surface area contributed by atoms with Gasteiger partial charge < -0.3 is 0 Å². The zero-order valence-corrected chi connectivity index (χ0v) is 7.20. The van der Waals surface area contributed by atoms with Crippen molar-refractivity contribution in [1.29, 1.82) is 0 Å². The molecule has 0 atom stereocenters. The molecule has 0 saturated carbocycles. The van der Waals surface area contributed by atoms with Gasteiger partial charge in [0.1, 0.15) is 0 Å². The molecule has 2 rings (SSSR count). The topological polar surface area (TPSA) is 0 Å². The van der Waals surface area contributed by atoms with E-state index in [1.165, 1.54) is 0 Å². The first-order chi connectivity index (χ1) is 7.57. The molecule has 0 fully saturated rings. The molecule has 0 unspecified atom stereocenters. The molecule has 13 heavy (non-hydrogen) atoms. The molecular weight excluding hydrogens is 156 g/mol. The zero-order chi connectivity index (χ0) is 11.6. The molecule has 64 valence electrons. The van der Waals surface area contributed by atoms with Crippen molar-refractivity contribution in [2.75, 3.05) is 0 Å². The normalized spacial score (nSPS) is 14.3. The number of aryl methyl sites for hydroxylation is 1. The second kappa shape index (κ2) is 3.44. The minimum Gasteiger partial charge on any atom is -0.0622 e. The van der Waals surface area contributed by atoms with Gasteiger partial charge in [0, 0.05) is 4.11 Å². The molecule has 0 aliphatic carbocycles. The van der Waals surface area contributed by atoms with Crippen LogP contribution in [-0.2, 0) is 0 Å². The number of hydrogen-bond acceptors (Lipinski definition) is 0. The molecule has 0 bridgehead atoms. The van der Waals surface area contributed by atoms with Crippen molar-refractivity contribution in [2.45, 2.75) is 6.85 Å². The van der Waals surface area contributed by atoms with Crippen LogP contribution in [0.25, 0.3) is 11.1 Å². The van der Waals surface area contributed by atoms with Gasteiger partial charge in [-0.1, -0.05) is 60.2 Å². The van der Waals surface area contributed by atoms with Gasteiger partial charge in [-0.05, 0) is 18.0 Å². The quantitative estimate of drug-likeness (QED) is 0.614. The van der Waals surface area contributed by atoms with Gasteiger partial charge in [-0.2, -0.15) is 0 Å². The van der Waals surface area contributed by atoms with Gasteiger partial charge in [0.15, 0.2) is 0 Å². The highest BCUT2D eigenvalue weighted by molar-refractivity contribution is 5.63. The summed E-state index contributed by atoms with van der Waals surface area (Å²) in [6, 6.07) is 16.9. The summed E-state index contributed by atoms with van der Waals surface area (Å²) < 4.78 is 21.8. The lowest BCUT2D eigenvalue weighted by Crippen LogP contribution is -1.76. The van der Waals surface area contributed by atoms with Gasteiger partial charge in [0.2, 0.25) is 0 Å². The van der Waals surface area contributed by atoms with Gasteiger partial charge in [0.05, 0.1) is 0 Å². The first-order valence-electron chi connectivity index (χ1n) is 5.73. The molecule has 0 nitrogen and oxygen atoms in total. The molecule has 0 N–H and O–H groups in total. The maximum atomic E-state index is 7.28. The van der Waals surface area contributed by atoms with Crippen molar-refractivity contribution >= 4 is 0 Å². The first-order valence-corrected chi connectivity index (χ1v) is 4.23. The van der Waals surface area contributed by atoms with Crippen LogP contribution in [0.1, 0.15) is 9.68 Å². The Hall–Kier alpha value is -1.56. The second-order valence-corrected chi connectivity index (χ2v) is 2.94. The molecule has 2 aromatic rings. The zero-order valence-electron chi connectivity index (χ0n) is 10.2. The molecule has 0 heterocycles. The van der Waals surface area contributed by atoms with Crippen molar-refractivity contribution in [2.24, 2.45) is 0 Å². The standard InChI is InChI=1S/C13H12/c1-11-7-9-13(10-8-11)12-5-3-2-4-6-12/h2-10H,1H3/i1D3. The largest absolute Gasteiger partial charge is 0.0622 e. The summed E-state index contributed by atoms with van der Waals surface area (Å²) in [5.74, 6) is 0. The summed E-state index contributed by atoms with van der Waals surface area (Å²) >= 11 is 0. The lowest BCUT2D eigenvalue weighted by atomic mass is 10.0. The van der Waals surface area contributed by atoms with E-state index in [0.29, 0.717) is 5.56 Å². The van der Waals surface area contributed by atoms with Crippen molar-refractivity contribution in [3.05, 3.63) is 60.2 Å². The summed E-state index contributed by atoms with van der Waals surface area (Å²) in [4.78, 5) is 0. The molecule has 0 saturated heterocycles. The highest BCUT2D eigenvalue weighted by Crippen LogP contribution is 2.18. The number of hydrogen-bond donors (Lipinski definition) is 0. The van der Waals surface area contributed by atoms with E-state index in [0.717, 1.165) is 11.1 Å². The predicted octanol–water partition coefficient (Wildman–Crippen LogP) is 3.66. The summed E-state index contributed by atoms with van der Waals surface area (Å²) in [6.45, 7) is -2.02. The maximum absolute atomic E-state index is 7.28. The fraction of sp³-hybridized carbons (Fsp3) is 0.0769. The Bertz CT molecular complexity index is 455. The molecule has 0 spiro atoms. The van der Waals surface area contributed by atoms with Crippen molar-refractivity contribution in [1.82, 2.24) is 0 Å². The Morgan fingerprint density at radius 3 is 2.00 bits per heavy atom. The van der Waals surface area contributed by atoms with Crippen LogP contribution in [0.3, 0.4) is 0 Å². The number of benzene rings is 2. The van der Waals surface area contributed by atoms with Crippen LogP contribution in [0.2, 0.25) is 0 Å². The highest BCUT2D eigenvalue weighted by Gasteiger charge is 1.93. The Balaban J connectivity index is 2.34. The fourth-order valence-electron chi connectivity index (χ4n) is 1.29. The summed E-state index contributed by atoms with van der Waals surface area (Å²) in [6.07, 6.45) is 0. The van der Waals surface area contributed by atoms with Crippen LogP contribution in [0.5, 0.6) is 0 Å². The summed E-state index contributed by atoms with van der Waals surface area (Å²) in [5, 5.41) is 0. The highest BCUT2D eigenvalue weighted by atomic mass is 14.0. The van der Waals surface area contributed by atoms with E-state index in [1.807, 2.05) is 42.5 Å². The number of rotatable bonds is 1. The molecule has 0 aliphatic heterocycles. The third kappa shape index (κ3) is 1.78. The second-order valence-electron chi connectivity index (χ2n) is 2.94. The van der Waals surface area contributed by atoms with E-state index >= 15 is 0 Å². The van der Waals surface area contributed by atoms with Crippen LogP contribution < -0.4 is 0 Å². The van der Waals surface area contributed by atoms with E-state index < -0.39 is 6.85 Å². The Labute approximate surface area is 83.1 Å². The van der Waals surface area contributed by atoms with Crippen molar-refractivity contribution < 1.29 is 4.11 Å². The third-order valence-electron chi connectivity index (χ3n) is 1.99. The maximum Gasteiger partial charge on any atom is 0.0280 e. The SMILES string of the molecule is [2H]C([2H])([2H])c1ccc(-c2ccccc2)cc1.